The minimum atomic E-state index is 0.245. The Balaban J connectivity index is 3.87. The Morgan fingerprint density at radius 2 is 2.00 bits per heavy atom. The number of aliphatic hydroxyl groups excluding tert-OH is 1. The number of hydrogen-bond acceptors (Lipinski definition) is 2. The summed E-state index contributed by atoms with van der Waals surface area (Å²) in [6.07, 6.45) is 2.19. The van der Waals surface area contributed by atoms with Crippen molar-refractivity contribution in [3.63, 3.8) is 0 Å². The van der Waals surface area contributed by atoms with Crippen molar-refractivity contribution in [2.45, 2.75) is 33.7 Å². The highest BCUT2D eigenvalue weighted by atomic mass is 16.3. The Morgan fingerprint density at radius 1 is 1.42 bits per heavy atom. The molecule has 0 unspecified atom stereocenters. The van der Waals surface area contributed by atoms with Crippen molar-refractivity contribution in [1.82, 2.24) is 4.90 Å². The van der Waals surface area contributed by atoms with Gasteiger partial charge < -0.3 is 5.11 Å². The lowest BCUT2D eigenvalue weighted by atomic mass is 10.2. The van der Waals surface area contributed by atoms with Crippen molar-refractivity contribution >= 4 is 0 Å². The van der Waals surface area contributed by atoms with Crippen LogP contribution in [-0.2, 0) is 0 Å². The lowest BCUT2D eigenvalue weighted by Gasteiger charge is -2.23. The topological polar surface area (TPSA) is 23.5 Å². The van der Waals surface area contributed by atoms with Gasteiger partial charge in [0.2, 0.25) is 0 Å². The first-order valence-electron chi connectivity index (χ1n) is 4.56. The van der Waals surface area contributed by atoms with Gasteiger partial charge in [0, 0.05) is 19.1 Å². The van der Waals surface area contributed by atoms with Crippen LogP contribution >= 0.6 is 0 Å². The van der Waals surface area contributed by atoms with Gasteiger partial charge in [-0.2, -0.15) is 0 Å². The summed E-state index contributed by atoms with van der Waals surface area (Å²) in [6.45, 7) is 10.4. The minimum absolute atomic E-state index is 0.245. The molecule has 72 valence electrons. The van der Waals surface area contributed by atoms with Gasteiger partial charge in [0.05, 0.1) is 6.61 Å². The Kier molecular flexibility index (Phi) is 6.03. The first-order valence-corrected chi connectivity index (χ1v) is 4.56. The van der Waals surface area contributed by atoms with Crippen molar-refractivity contribution in [2.75, 3.05) is 19.7 Å². The number of allylic oxidation sites excluding steroid dienone is 1. The van der Waals surface area contributed by atoms with Gasteiger partial charge in [0.1, 0.15) is 0 Å². The molecule has 0 saturated carbocycles. The maximum atomic E-state index is 8.79. The zero-order chi connectivity index (χ0) is 9.56. The molecule has 0 fully saturated rings. The second-order valence-electron chi connectivity index (χ2n) is 3.59. The molecule has 0 aliphatic rings. The molecule has 0 saturated heterocycles. The number of aliphatic hydroxyl groups is 1. The van der Waals surface area contributed by atoms with Crippen molar-refractivity contribution < 1.29 is 5.11 Å². The summed E-state index contributed by atoms with van der Waals surface area (Å²) in [6, 6.07) is 0.507. The van der Waals surface area contributed by atoms with Crippen LogP contribution in [0.15, 0.2) is 11.6 Å². The highest BCUT2D eigenvalue weighted by molar-refractivity contribution is 4.95. The molecule has 12 heavy (non-hydrogen) atoms. The maximum absolute atomic E-state index is 8.79. The van der Waals surface area contributed by atoms with E-state index in [4.69, 9.17) is 5.11 Å². The van der Waals surface area contributed by atoms with E-state index in [1.165, 1.54) is 5.57 Å². The van der Waals surface area contributed by atoms with Gasteiger partial charge in [-0.25, -0.2) is 0 Å². The van der Waals surface area contributed by atoms with Gasteiger partial charge in [-0.1, -0.05) is 11.6 Å². The summed E-state index contributed by atoms with van der Waals surface area (Å²) in [5.74, 6) is 0. The average Bonchev–Trinajstić information content (AvgIpc) is 1.96. The van der Waals surface area contributed by atoms with E-state index in [1.807, 2.05) is 0 Å². The van der Waals surface area contributed by atoms with Crippen molar-refractivity contribution in [2.24, 2.45) is 0 Å². The molecule has 0 atom stereocenters. The molecular formula is C10H21NO. The number of nitrogens with zero attached hydrogens (tertiary/aromatic N) is 1. The second kappa shape index (κ2) is 6.21. The van der Waals surface area contributed by atoms with E-state index in [-0.39, 0.29) is 6.61 Å². The number of rotatable bonds is 5. The Hall–Kier alpha value is -0.340. The molecule has 0 bridgehead atoms. The van der Waals surface area contributed by atoms with Crippen LogP contribution in [0.25, 0.3) is 0 Å². The first-order chi connectivity index (χ1) is 5.57. The fourth-order valence-corrected chi connectivity index (χ4v) is 0.989. The first kappa shape index (κ1) is 11.7. The van der Waals surface area contributed by atoms with Crippen molar-refractivity contribution in [3.8, 4) is 0 Å². The molecule has 0 aliphatic carbocycles. The molecule has 2 heteroatoms. The smallest absolute Gasteiger partial charge is 0.0558 e. The summed E-state index contributed by atoms with van der Waals surface area (Å²) < 4.78 is 0. The van der Waals surface area contributed by atoms with Gasteiger partial charge in [0.15, 0.2) is 0 Å². The zero-order valence-corrected chi connectivity index (χ0v) is 8.67. The predicted octanol–water partition coefficient (Wildman–Crippen LogP) is 1.66. The summed E-state index contributed by atoms with van der Waals surface area (Å²) in [4.78, 5) is 2.24. The quantitative estimate of drug-likeness (QED) is 0.636. The van der Waals surface area contributed by atoms with Crippen LogP contribution in [-0.4, -0.2) is 35.7 Å². The zero-order valence-electron chi connectivity index (χ0n) is 8.67. The predicted molar refractivity (Wildman–Crippen MR) is 53.2 cm³/mol. The molecule has 0 aromatic heterocycles. The largest absolute Gasteiger partial charge is 0.395 e. The molecule has 0 aliphatic heterocycles. The third-order valence-corrected chi connectivity index (χ3v) is 1.85. The fourth-order valence-electron chi connectivity index (χ4n) is 0.989. The molecule has 0 rings (SSSR count). The standard InChI is InChI=1S/C10H21NO/c1-9(2)5-6-11(7-8-12)10(3)4/h5,10,12H,6-8H2,1-4H3. The van der Waals surface area contributed by atoms with Crippen LogP contribution in [0.3, 0.4) is 0 Å². The molecule has 0 heterocycles. The molecule has 0 radical (unpaired) electrons. The third-order valence-electron chi connectivity index (χ3n) is 1.85. The molecule has 2 nitrogen and oxygen atoms in total. The Morgan fingerprint density at radius 3 is 2.33 bits per heavy atom. The van der Waals surface area contributed by atoms with Crippen LogP contribution in [0.2, 0.25) is 0 Å². The van der Waals surface area contributed by atoms with Crippen LogP contribution in [0, 0.1) is 0 Å². The second-order valence-corrected chi connectivity index (χ2v) is 3.59. The SMILES string of the molecule is CC(C)=CCN(CCO)C(C)C. The van der Waals surface area contributed by atoms with Gasteiger partial charge in [-0.05, 0) is 27.7 Å². The monoisotopic (exact) mass is 171 g/mol. The van der Waals surface area contributed by atoms with Crippen LogP contribution in [0.4, 0.5) is 0 Å². The van der Waals surface area contributed by atoms with E-state index in [0.717, 1.165) is 13.1 Å². The van der Waals surface area contributed by atoms with Gasteiger partial charge in [0.25, 0.3) is 0 Å². The van der Waals surface area contributed by atoms with E-state index in [1.54, 1.807) is 0 Å². The average molecular weight is 171 g/mol. The van der Waals surface area contributed by atoms with E-state index in [9.17, 15) is 0 Å². The highest BCUT2D eigenvalue weighted by Crippen LogP contribution is 1.99. The summed E-state index contributed by atoms with van der Waals surface area (Å²) in [7, 11) is 0. The highest BCUT2D eigenvalue weighted by Gasteiger charge is 2.05. The van der Waals surface area contributed by atoms with E-state index in [0.29, 0.717) is 6.04 Å². The summed E-state index contributed by atoms with van der Waals surface area (Å²) in [5.41, 5.74) is 1.33. The third kappa shape index (κ3) is 5.33. The lowest BCUT2D eigenvalue weighted by molar-refractivity contribution is 0.180. The van der Waals surface area contributed by atoms with Gasteiger partial charge in [-0.15, -0.1) is 0 Å². The maximum Gasteiger partial charge on any atom is 0.0558 e. The van der Waals surface area contributed by atoms with E-state index in [2.05, 4.69) is 38.7 Å². The van der Waals surface area contributed by atoms with Gasteiger partial charge in [-0.3, -0.25) is 4.90 Å². The van der Waals surface area contributed by atoms with Crippen LogP contribution in [0.5, 0.6) is 0 Å². The minimum Gasteiger partial charge on any atom is -0.395 e. The summed E-state index contributed by atoms with van der Waals surface area (Å²) >= 11 is 0. The molecule has 1 N–H and O–H groups in total. The van der Waals surface area contributed by atoms with Gasteiger partial charge >= 0.3 is 0 Å². The van der Waals surface area contributed by atoms with E-state index >= 15 is 0 Å². The fraction of sp³-hybridized carbons (Fsp3) is 0.800. The van der Waals surface area contributed by atoms with E-state index < -0.39 is 0 Å². The number of hydrogen-bond donors (Lipinski definition) is 1. The lowest BCUT2D eigenvalue weighted by Crippen LogP contribution is -2.33. The van der Waals surface area contributed by atoms with Crippen molar-refractivity contribution in [1.29, 1.82) is 0 Å². The van der Waals surface area contributed by atoms with Crippen molar-refractivity contribution in [3.05, 3.63) is 11.6 Å². The molecule has 0 amide bonds. The molecule has 0 aromatic carbocycles. The molecular weight excluding hydrogens is 150 g/mol. The molecule has 0 aromatic rings. The summed E-state index contributed by atoms with van der Waals surface area (Å²) in [5, 5.41) is 8.79. The van der Waals surface area contributed by atoms with Crippen LogP contribution < -0.4 is 0 Å². The Bertz CT molecular complexity index is 137. The molecule has 0 spiro atoms. The normalized spacial score (nSPS) is 10.9. The Labute approximate surface area is 75.9 Å². The van der Waals surface area contributed by atoms with Crippen LogP contribution in [0.1, 0.15) is 27.7 Å².